The van der Waals surface area contributed by atoms with Gasteiger partial charge < -0.3 is 0 Å². The van der Waals surface area contributed by atoms with Crippen molar-refractivity contribution in [2.24, 2.45) is 0 Å². The van der Waals surface area contributed by atoms with Crippen LogP contribution in [0, 0.1) is 0 Å². The molecule has 7 heteroatoms. The summed E-state index contributed by atoms with van der Waals surface area (Å²) in [7, 11) is 0. The first kappa shape index (κ1) is 13.5. The third kappa shape index (κ3) is 2.83. The molecule has 106 valence electrons. The van der Waals surface area contributed by atoms with Crippen LogP contribution in [0.5, 0.6) is 0 Å². The van der Waals surface area contributed by atoms with Crippen LogP contribution in [0.1, 0.15) is 17.4 Å². The molecular weight excluding hydrogens is 274 g/mol. The van der Waals surface area contributed by atoms with Crippen molar-refractivity contribution in [3.05, 3.63) is 18.2 Å². The minimum absolute atomic E-state index is 0.0509. The first-order valence-electron chi connectivity index (χ1n) is 6.73. The number of ketones is 1. The molecule has 0 aromatic carbocycles. The Hall–Kier alpha value is -1.47. The van der Waals surface area contributed by atoms with Gasteiger partial charge in [-0.15, -0.1) is 0 Å². The van der Waals surface area contributed by atoms with Gasteiger partial charge in [-0.25, -0.2) is 9.97 Å². The highest BCUT2D eigenvalue weighted by molar-refractivity contribution is 7.99. The van der Waals surface area contributed by atoms with Crippen LogP contribution in [0.25, 0.3) is 11.0 Å². The fourth-order valence-corrected chi connectivity index (χ4v) is 3.33. The third-order valence-electron chi connectivity index (χ3n) is 3.45. The molecular formula is C13H17N5OS. The van der Waals surface area contributed by atoms with E-state index in [9.17, 15) is 4.79 Å². The quantitative estimate of drug-likeness (QED) is 0.785. The summed E-state index contributed by atoms with van der Waals surface area (Å²) in [6.07, 6.45) is 3.28. The molecule has 0 aliphatic carbocycles. The fraction of sp³-hybridized carbons (Fsp3) is 0.538. The van der Waals surface area contributed by atoms with Gasteiger partial charge in [-0.1, -0.05) is 0 Å². The van der Waals surface area contributed by atoms with Crippen molar-refractivity contribution in [3.8, 4) is 0 Å². The van der Waals surface area contributed by atoms with Crippen LogP contribution < -0.4 is 0 Å². The maximum atomic E-state index is 11.5. The number of nitrogens with zero attached hydrogens (tertiary/aromatic N) is 5. The maximum absolute atomic E-state index is 11.5. The van der Waals surface area contributed by atoms with Crippen LogP contribution in [-0.4, -0.2) is 61.6 Å². The van der Waals surface area contributed by atoms with Gasteiger partial charge in [-0.05, 0) is 0 Å². The van der Waals surface area contributed by atoms with Crippen molar-refractivity contribution >= 4 is 28.6 Å². The summed E-state index contributed by atoms with van der Waals surface area (Å²) < 4.78 is 1.87. The SMILES string of the molecule is CC(=O)c1ncnc2nn(CCN3CCSCC3)cc12. The molecule has 0 radical (unpaired) electrons. The highest BCUT2D eigenvalue weighted by Crippen LogP contribution is 2.14. The van der Waals surface area contributed by atoms with E-state index < -0.39 is 0 Å². The molecule has 0 amide bonds. The molecule has 0 spiro atoms. The second-order valence-corrected chi connectivity index (χ2v) is 6.09. The highest BCUT2D eigenvalue weighted by atomic mass is 32.2. The predicted molar refractivity (Wildman–Crippen MR) is 79.1 cm³/mol. The molecule has 1 aliphatic heterocycles. The Labute approximate surface area is 121 Å². The number of aromatic nitrogens is 4. The molecule has 1 aliphatic rings. The summed E-state index contributed by atoms with van der Waals surface area (Å²) in [6.45, 7) is 5.61. The number of fused-ring (bicyclic) bond motifs is 1. The first-order valence-corrected chi connectivity index (χ1v) is 7.89. The van der Waals surface area contributed by atoms with Crippen molar-refractivity contribution in [1.29, 1.82) is 0 Å². The number of hydrogen-bond acceptors (Lipinski definition) is 6. The zero-order valence-corrected chi connectivity index (χ0v) is 12.3. The van der Waals surface area contributed by atoms with E-state index in [1.807, 2.05) is 22.6 Å². The monoisotopic (exact) mass is 291 g/mol. The smallest absolute Gasteiger partial charge is 0.184 e. The predicted octanol–water partition coefficient (Wildman–Crippen LogP) is 1.08. The molecule has 3 rings (SSSR count). The van der Waals surface area contributed by atoms with Crippen LogP contribution in [0.2, 0.25) is 0 Å². The number of carbonyl (C=O) groups is 1. The van der Waals surface area contributed by atoms with E-state index in [0.29, 0.717) is 11.3 Å². The summed E-state index contributed by atoms with van der Waals surface area (Å²) in [5, 5.41) is 5.17. The Balaban J connectivity index is 1.75. The van der Waals surface area contributed by atoms with E-state index in [4.69, 9.17) is 0 Å². The molecule has 0 atom stereocenters. The van der Waals surface area contributed by atoms with Crippen molar-refractivity contribution < 1.29 is 4.79 Å². The number of hydrogen-bond donors (Lipinski definition) is 0. The third-order valence-corrected chi connectivity index (χ3v) is 4.39. The van der Waals surface area contributed by atoms with Crippen LogP contribution in [-0.2, 0) is 6.54 Å². The number of carbonyl (C=O) groups excluding carboxylic acids is 1. The second-order valence-electron chi connectivity index (χ2n) is 4.86. The Morgan fingerprint density at radius 2 is 2.10 bits per heavy atom. The summed E-state index contributed by atoms with van der Waals surface area (Å²) in [5.41, 5.74) is 1.05. The first-order chi connectivity index (χ1) is 9.74. The van der Waals surface area contributed by atoms with E-state index in [1.54, 1.807) is 0 Å². The molecule has 2 aromatic rings. The lowest BCUT2D eigenvalue weighted by molar-refractivity contribution is 0.101. The van der Waals surface area contributed by atoms with Crippen LogP contribution in [0.4, 0.5) is 0 Å². The zero-order valence-electron chi connectivity index (χ0n) is 11.4. The Morgan fingerprint density at radius 1 is 1.30 bits per heavy atom. The summed E-state index contributed by atoms with van der Waals surface area (Å²) >= 11 is 2.01. The largest absolute Gasteiger partial charge is 0.300 e. The van der Waals surface area contributed by atoms with Gasteiger partial charge in [0.15, 0.2) is 11.4 Å². The minimum atomic E-state index is -0.0509. The molecule has 0 saturated carbocycles. The van der Waals surface area contributed by atoms with Crippen molar-refractivity contribution in [1.82, 2.24) is 24.6 Å². The Morgan fingerprint density at radius 3 is 2.85 bits per heavy atom. The highest BCUT2D eigenvalue weighted by Gasteiger charge is 2.13. The Kier molecular flexibility index (Phi) is 3.98. The second kappa shape index (κ2) is 5.88. The van der Waals surface area contributed by atoms with Crippen molar-refractivity contribution in [2.75, 3.05) is 31.1 Å². The van der Waals surface area contributed by atoms with Gasteiger partial charge in [0.1, 0.15) is 12.0 Å². The van der Waals surface area contributed by atoms with E-state index >= 15 is 0 Å². The van der Waals surface area contributed by atoms with Crippen LogP contribution >= 0.6 is 11.8 Å². The van der Waals surface area contributed by atoms with Crippen molar-refractivity contribution in [2.45, 2.75) is 13.5 Å². The molecule has 6 nitrogen and oxygen atoms in total. The molecule has 20 heavy (non-hydrogen) atoms. The normalized spacial score (nSPS) is 16.6. The zero-order chi connectivity index (χ0) is 13.9. The summed E-state index contributed by atoms with van der Waals surface area (Å²) in [5.74, 6) is 2.37. The number of Topliss-reactive ketones (excluding diaryl/α,β-unsaturated/α-hetero) is 1. The van der Waals surface area contributed by atoms with Gasteiger partial charge in [0.25, 0.3) is 0 Å². The topological polar surface area (TPSA) is 63.9 Å². The van der Waals surface area contributed by atoms with Crippen molar-refractivity contribution in [3.63, 3.8) is 0 Å². The van der Waals surface area contributed by atoms with Gasteiger partial charge in [-0.3, -0.25) is 14.4 Å². The molecule has 3 heterocycles. The number of thioether (sulfide) groups is 1. The number of rotatable bonds is 4. The standard InChI is InChI=1S/C13H17N5OS/c1-10(19)12-11-8-18(16-13(11)15-9-14-12)3-2-17-4-6-20-7-5-17/h8-9H,2-7H2,1H3. The van der Waals surface area contributed by atoms with Gasteiger partial charge in [0.2, 0.25) is 0 Å². The van der Waals surface area contributed by atoms with Gasteiger partial charge in [0.05, 0.1) is 11.9 Å². The molecule has 1 saturated heterocycles. The summed E-state index contributed by atoms with van der Waals surface area (Å²) in [6, 6.07) is 0. The van der Waals surface area contributed by atoms with E-state index in [0.717, 1.165) is 31.6 Å². The molecule has 2 aromatic heterocycles. The minimum Gasteiger partial charge on any atom is -0.300 e. The summed E-state index contributed by atoms with van der Waals surface area (Å²) in [4.78, 5) is 22.2. The molecule has 0 bridgehead atoms. The lowest BCUT2D eigenvalue weighted by atomic mass is 10.2. The van der Waals surface area contributed by atoms with Gasteiger partial charge in [-0.2, -0.15) is 16.9 Å². The maximum Gasteiger partial charge on any atom is 0.184 e. The molecule has 0 N–H and O–H groups in total. The van der Waals surface area contributed by atoms with Gasteiger partial charge in [0, 0.05) is 44.3 Å². The average Bonchev–Trinajstić information content (AvgIpc) is 2.88. The molecule has 1 fully saturated rings. The van der Waals surface area contributed by atoms with E-state index in [2.05, 4.69) is 20.0 Å². The van der Waals surface area contributed by atoms with Crippen LogP contribution in [0.3, 0.4) is 0 Å². The van der Waals surface area contributed by atoms with E-state index in [-0.39, 0.29) is 5.78 Å². The van der Waals surface area contributed by atoms with E-state index in [1.165, 1.54) is 24.8 Å². The molecule has 0 unspecified atom stereocenters. The van der Waals surface area contributed by atoms with Crippen LogP contribution in [0.15, 0.2) is 12.5 Å². The fourth-order valence-electron chi connectivity index (χ4n) is 2.35. The van der Waals surface area contributed by atoms with Gasteiger partial charge >= 0.3 is 0 Å². The lowest BCUT2D eigenvalue weighted by Gasteiger charge is -2.25. The Bertz CT molecular complexity index is 620. The average molecular weight is 291 g/mol. The lowest BCUT2D eigenvalue weighted by Crippen LogP contribution is -2.35.